The van der Waals surface area contributed by atoms with Crippen LogP contribution >= 0.6 is 12.2 Å². The molecule has 1 rings (SSSR count). The van der Waals surface area contributed by atoms with Gasteiger partial charge in [-0.1, -0.05) is 25.6 Å². The van der Waals surface area contributed by atoms with Crippen molar-refractivity contribution >= 4 is 23.1 Å². The topological polar surface area (TPSA) is 58.4 Å². The Bertz CT molecular complexity index is 322. The maximum Gasteiger partial charge on any atom is 0.237 e. The number of thiocarbonyl (C=S) groups is 1. The minimum absolute atomic E-state index is 0.101. The molecule has 0 radical (unpaired) electrons. The van der Waals surface area contributed by atoms with Crippen molar-refractivity contribution in [1.29, 1.82) is 0 Å². The Morgan fingerprint density at radius 2 is 2.21 bits per heavy atom. The summed E-state index contributed by atoms with van der Waals surface area (Å²) in [6.07, 6.45) is 4.22. The van der Waals surface area contributed by atoms with Gasteiger partial charge in [0.25, 0.3) is 0 Å². The molecule has 5 heteroatoms. The van der Waals surface area contributed by atoms with Gasteiger partial charge in [-0.05, 0) is 39.7 Å². The molecule has 0 aliphatic carbocycles. The smallest absolute Gasteiger partial charge is 0.237 e. The average Bonchev–Trinajstić information content (AvgIpc) is 2.38. The second kappa shape index (κ2) is 7.80. The summed E-state index contributed by atoms with van der Waals surface area (Å²) in [6, 6.07) is 0.146. The first-order valence-electron chi connectivity index (χ1n) is 7.29. The molecule has 0 aromatic heterocycles. The van der Waals surface area contributed by atoms with Crippen LogP contribution in [0, 0.1) is 5.92 Å². The molecule has 3 atom stereocenters. The lowest BCUT2D eigenvalue weighted by Gasteiger charge is -2.36. The van der Waals surface area contributed by atoms with Gasteiger partial charge in [-0.2, -0.15) is 0 Å². The zero-order chi connectivity index (χ0) is 14.4. The molecule has 4 nitrogen and oxygen atoms in total. The van der Waals surface area contributed by atoms with Gasteiger partial charge in [-0.25, -0.2) is 0 Å². The van der Waals surface area contributed by atoms with E-state index in [4.69, 9.17) is 18.0 Å². The van der Waals surface area contributed by atoms with E-state index in [9.17, 15) is 4.79 Å². The molecule has 0 bridgehead atoms. The summed E-state index contributed by atoms with van der Waals surface area (Å²) in [6.45, 7) is 7.92. The normalized spacial score (nSPS) is 23.6. The summed E-state index contributed by atoms with van der Waals surface area (Å²) in [4.78, 5) is 15.0. The number of piperidine rings is 1. The van der Waals surface area contributed by atoms with Gasteiger partial charge in [0.05, 0.1) is 11.0 Å². The number of amides is 1. The first kappa shape index (κ1) is 16.4. The maximum atomic E-state index is 12.2. The van der Waals surface area contributed by atoms with E-state index in [1.807, 2.05) is 6.92 Å². The SMILES string of the molecule is CCCC(C)NC(=O)C(C)N1CCCC(C(N)=S)C1. The molecular formula is C14H27N3OS. The van der Waals surface area contributed by atoms with Crippen LogP contribution in [0.2, 0.25) is 0 Å². The Hall–Kier alpha value is -0.680. The van der Waals surface area contributed by atoms with Gasteiger partial charge in [0.2, 0.25) is 5.91 Å². The molecule has 0 aromatic carbocycles. The van der Waals surface area contributed by atoms with Crippen molar-refractivity contribution in [1.82, 2.24) is 10.2 Å². The Kier molecular flexibility index (Phi) is 6.72. The Morgan fingerprint density at radius 3 is 2.79 bits per heavy atom. The molecule has 1 saturated heterocycles. The minimum atomic E-state index is -0.101. The standard InChI is InChI=1S/C14H27N3OS/c1-4-6-10(2)16-14(18)11(3)17-8-5-7-12(9-17)13(15)19/h10-12H,4-9H2,1-3H3,(H2,15,19)(H,16,18). The van der Waals surface area contributed by atoms with Crippen LogP contribution in [0.1, 0.15) is 46.5 Å². The van der Waals surface area contributed by atoms with Crippen molar-refractivity contribution < 1.29 is 4.79 Å². The molecule has 0 spiro atoms. The van der Waals surface area contributed by atoms with E-state index in [0.717, 1.165) is 38.8 Å². The fourth-order valence-electron chi connectivity index (χ4n) is 2.62. The number of rotatable bonds is 6. The highest BCUT2D eigenvalue weighted by Crippen LogP contribution is 2.19. The Labute approximate surface area is 122 Å². The van der Waals surface area contributed by atoms with E-state index >= 15 is 0 Å². The molecule has 0 aromatic rings. The molecular weight excluding hydrogens is 258 g/mol. The van der Waals surface area contributed by atoms with Gasteiger partial charge in [0.1, 0.15) is 0 Å². The predicted molar refractivity (Wildman–Crippen MR) is 83.1 cm³/mol. The van der Waals surface area contributed by atoms with Crippen molar-refractivity contribution in [2.75, 3.05) is 13.1 Å². The van der Waals surface area contributed by atoms with E-state index in [0.29, 0.717) is 4.99 Å². The molecule has 0 saturated carbocycles. The molecule has 3 N–H and O–H groups in total. The number of nitrogens with two attached hydrogens (primary N) is 1. The highest BCUT2D eigenvalue weighted by molar-refractivity contribution is 7.80. The quantitative estimate of drug-likeness (QED) is 0.729. The lowest BCUT2D eigenvalue weighted by atomic mass is 9.97. The van der Waals surface area contributed by atoms with Crippen molar-refractivity contribution in [3.05, 3.63) is 0 Å². The van der Waals surface area contributed by atoms with Crippen LogP contribution in [0.25, 0.3) is 0 Å². The van der Waals surface area contributed by atoms with Crippen LogP contribution in [0.15, 0.2) is 0 Å². The monoisotopic (exact) mass is 285 g/mol. The third-order valence-corrected chi connectivity index (χ3v) is 4.23. The van der Waals surface area contributed by atoms with Crippen LogP contribution in [-0.2, 0) is 4.79 Å². The van der Waals surface area contributed by atoms with E-state index in [-0.39, 0.29) is 23.9 Å². The summed E-state index contributed by atoms with van der Waals surface area (Å²) >= 11 is 5.08. The van der Waals surface area contributed by atoms with Crippen LogP contribution in [0.3, 0.4) is 0 Å². The van der Waals surface area contributed by atoms with E-state index < -0.39 is 0 Å². The van der Waals surface area contributed by atoms with Gasteiger partial charge in [-0.15, -0.1) is 0 Å². The van der Waals surface area contributed by atoms with E-state index in [2.05, 4.69) is 24.1 Å². The van der Waals surface area contributed by atoms with Crippen molar-refractivity contribution in [3.8, 4) is 0 Å². The molecule has 1 fully saturated rings. The molecule has 110 valence electrons. The number of carbonyl (C=O) groups is 1. The average molecular weight is 285 g/mol. The van der Waals surface area contributed by atoms with Crippen LogP contribution in [0.4, 0.5) is 0 Å². The highest BCUT2D eigenvalue weighted by Gasteiger charge is 2.28. The second-order valence-electron chi connectivity index (χ2n) is 5.61. The highest BCUT2D eigenvalue weighted by atomic mass is 32.1. The van der Waals surface area contributed by atoms with Gasteiger partial charge < -0.3 is 11.1 Å². The number of hydrogen-bond acceptors (Lipinski definition) is 3. The van der Waals surface area contributed by atoms with E-state index in [1.54, 1.807) is 0 Å². The second-order valence-corrected chi connectivity index (χ2v) is 6.08. The van der Waals surface area contributed by atoms with Gasteiger partial charge >= 0.3 is 0 Å². The fraction of sp³-hybridized carbons (Fsp3) is 0.857. The lowest BCUT2D eigenvalue weighted by Crippen LogP contribution is -2.52. The van der Waals surface area contributed by atoms with E-state index in [1.165, 1.54) is 0 Å². The molecule has 1 heterocycles. The molecule has 1 aliphatic heterocycles. The lowest BCUT2D eigenvalue weighted by molar-refractivity contribution is -0.127. The van der Waals surface area contributed by atoms with Gasteiger partial charge in [0, 0.05) is 18.5 Å². The van der Waals surface area contributed by atoms with Gasteiger partial charge in [0.15, 0.2) is 0 Å². The fourth-order valence-corrected chi connectivity index (χ4v) is 2.82. The predicted octanol–water partition coefficient (Wildman–Crippen LogP) is 1.68. The molecule has 3 unspecified atom stereocenters. The first-order chi connectivity index (χ1) is 8.95. The number of hydrogen-bond donors (Lipinski definition) is 2. The Morgan fingerprint density at radius 1 is 1.53 bits per heavy atom. The third-order valence-electron chi connectivity index (χ3n) is 3.89. The molecule has 1 aliphatic rings. The summed E-state index contributed by atoms with van der Waals surface area (Å²) in [5.41, 5.74) is 5.73. The first-order valence-corrected chi connectivity index (χ1v) is 7.70. The number of nitrogens with one attached hydrogen (secondary N) is 1. The summed E-state index contributed by atoms with van der Waals surface area (Å²) in [5.74, 6) is 0.372. The summed E-state index contributed by atoms with van der Waals surface area (Å²) < 4.78 is 0. The zero-order valence-corrected chi connectivity index (χ0v) is 13.1. The summed E-state index contributed by atoms with van der Waals surface area (Å²) in [5, 5.41) is 3.08. The number of nitrogens with zero attached hydrogens (tertiary/aromatic N) is 1. The van der Waals surface area contributed by atoms with Crippen molar-refractivity contribution in [2.45, 2.75) is 58.5 Å². The molecule has 19 heavy (non-hydrogen) atoms. The van der Waals surface area contributed by atoms with Crippen LogP contribution in [0.5, 0.6) is 0 Å². The largest absolute Gasteiger partial charge is 0.393 e. The Balaban J connectivity index is 2.49. The minimum Gasteiger partial charge on any atom is -0.393 e. The van der Waals surface area contributed by atoms with Crippen molar-refractivity contribution in [2.24, 2.45) is 11.7 Å². The van der Waals surface area contributed by atoms with Crippen LogP contribution in [-0.4, -0.2) is 41.0 Å². The summed E-state index contributed by atoms with van der Waals surface area (Å²) in [7, 11) is 0. The number of likely N-dealkylation sites (tertiary alicyclic amines) is 1. The van der Waals surface area contributed by atoms with Gasteiger partial charge in [-0.3, -0.25) is 9.69 Å². The molecule has 1 amide bonds. The third kappa shape index (κ3) is 5.07. The zero-order valence-electron chi connectivity index (χ0n) is 12.3. The van der Waals surface area contributed by atoms with Crippen LogP contribution < -0.4 is 11.1 Å². The number of carbonyl (C=O) groups excluding carboxylic acids is 1. The van der Waals surface area contributed by atoms with Crippen molar-refractivity contribution in [3.63, 3.8) is 0 Å². The maximum absolute atomic E-state index is 12.2.